The number of aromatic hydroxyl groups is 1. The van der Waals surface area contributed by atoms with Crippen LogP contribution >= 0.6 is 0 Å². The van der Waals surface area contributed by atoms with Crippen LogP contribution in [0.5, 0.6) is 11.5 Å². The molecule has 0 saturated carbocycles. The molecule has 2 aromatic carbocycles. The van der Waals surface area contributed by atoms with Crippen LogP contribution in [0.25, 0.3) is 11.1 Å². The van der Waals surface area contributed by atoms with Crippen molar-refractivity contribution in [1.82, 2.24) is 0 Å². The monoisotopic (exact) mass is 376 g/mol. The van der Waals surface area contributed by atoms with E-state index in [1.54, 1.807) is 7.11 Å². The Labute approximate surface area is 169 Å². The fourth-order valence-electron chi connectivity index (χ4n) is 4.40. The summed E-state index contributed by atoms with van der Waals surface area (Å²) in [6.45, 7) is 15.2. The summed E-state index contributed by atoms with van der Waals surface area (Å²) in [5, 5.41) is 11.2. The number of methoxy groups -OCH3 is 1. The van der Waals surface area contributed by atoms with Crippen LogP contribution in [0.2, 0.25) is 0 Å². The van der Waals surface area contributed by atoms with Gasteiger partial charge in [0.25, 0.3) is 0 Å². The predicted octanol–water partition coefficient (Wildman–Crippen LogP) is 7.14. The van der Waals surface area contributed by atoms with Gasteiger partial charge in [0.2, 0.25) is 0 Å². The lowest BCUT2D eigenvalue weighted by atomic mass is 9.80. The smallest absolute Gasteiger partial charge is 0.127 e. The summed E-state index contributed by atoms with van der Waals surface area (Å²) in [5.41, 5.74) is 9.28. The van der Waals surface area contributed by atoms with Crippen molar-refractivity contribution >= 4 is 0 Å². The first-order valence-electron chi connectivity index (χ1n) is 9.94. The van der Waals surface area contributed by atoms with E-state index in [4.69, 9.17) is 4.74 Å². The lowest BCUT2D eigenvalue weighted by Gasteiger charge is -2.25. The van der Waals surface area contributed by atoms with E-state index in [9.17, 15) is 5.11 Å². The zero-order valence-electron chi connectivity index (χ0n) is 18.4. The van der Waals surface area contributed by atoms with Gasteiger partial charge in [0.05, 0.1) is 7.11 Å². The molecule has 0 unspecified atom stereocenters. The van der Waals surface area contributed by atoms with Crippen molar-refractivity contribution in [3.05, 3.63) is 69.8 Å². The maximum absolute atomic E-state index is 11.2. The van der Waals surface area contributed by atoms with Crippen LogP contribution in [0.3, 0.4) is 0 Å². The molecule has 0 bridgehead atoms. The molecule has 28 heavy (non-hydrogen) atoms. The standard InChI is InChI=1S/C26H32O2/c1-15-16(2)18(4)23(17(15)3)24-19(11-10-14-22(24)28-8)20-12-9-13-21(25(20)27)26(5,6)7/h9-14,23,27H,1-8H3. The van der Waals surface area contributed by atoms with E-state index < -0.39 is 0 Å². The van der Waals surface area contributed by atoms with Gasteiger partial charge >= 0.3 is 0 Å². The SMILES string of the molecule is COc1cccc(-c2cccc(C(C)(C)C)c2O)c1C1C(C)=C(C)C(C)=C1C. The molecule has 0 radical (unpaired) electrons. The van der Waals surface area contributed by atoms with Crippen molar-refractivity contribution in [3.63, 3.8) is 0 Å². The summed E-state index contributed by atoms with van der Waals surface area (Å²) in [4.78, 5) is 0. The molecule has 2 heteroatoms. The molecule has 0 aliphatic heterocycles. The highest BCUT2D eigenvalue weighted by Crippen LogP contribution is 2.50. The molecule has 0 heterocycles. The first-order chi connectivity index (χ1) is 13.1. The molecule has 0 saturated heterocycles. The summed E-state index contributed by atoms with van der Waals surface area (Å²) >= 11 is 0. The van der Waals surface area contributed by atoms with Crippen LogP contribution < -0.4 is 4.74 Å². The van der Waals surface area contributed by atoms with Crippen molar-refractivity contribution in [2.45, 2.75) is 59.8 Å². The quantitative estimate of drug-likeness (QED) is 0.617. The van der Waals surface area contributed by atoms with Gasteiger partial charge in [-0.15, -0.1) is 0 Å². The second kappa shape index (κ2) is 7.16. The maximum atomic E-state index is 11.2. The Bertz CT molecular complexity index is 960. The molecule has 2 aromatic rings. The van der Waals surface area contributed by atoms with E-state index in [1.165, 1.54) is 22.3 Å². The first-order valence-corrected chi connectivity index (χ1v) is 9.94. The minimum absolute atomic E-state index is 0.134. The number of benzene rings is 2. The summed E-state index contributed by atoms with van der Waals surface area (Å²) < 4.78 is 5.80. The van der Waals surface area contributed by atoms with E-state index in [0.29, 0.717) is 5.75 Å². The highest BCUT2D eigenvalue weighted by atomic mass is 16.5. The Kier molecular flexibility index (Phi) is 5.18. The largest absolute Gasteiger partial charge is 0.507 e. The van der Waals surface area contributed by atoms with E-state index in [1.807, 2.05) is 30.3 Å². The lowest BCUT2D eigenvalue weighted by molar-refractivity contribution is 0.409. The number of rotatable bonds is 3. The second-order valence-electron chi connectivity index (χ2n) is 8.92. The van der Waals surface area contributed by atoms with Gasteiger partial charge in [-0.05, 0) is 61.4 Å². The van der Waals surface area contributed by atoms with Crippen molar-refractivity contribution in [2.24, 2.45) is 0 Å². The van der Waals surface area contributed by atoms with E-state index in [2.05, 4.69) is 54.5 Å². The number of hydrogen-bond donors (Lipinski definition) is 1. The topological polar surface area (TPSA) is 29.5 Å². The number of allylic oxidation sites excluding steroid dienone is 4. The average Bonchev–Trinajstić information content (AvgIpc) is 2.83. The zero-order valence-corrected chi connectivity index (χ0v) is 18.4. The summed E-state index contributed by atoms with van der Waals surface area (Å²) in [5.74, 6) is 1.40. The maximum Gasteiger partial charge on any atom is 0.127 e. The van der Waals surface area contributed by atoms with Crippen molar-refractivity contribution in [3.8, 4) is 22.6 Å². The number of para-hydroxylation sites is 1. The lowest BCUT2D eigenvalue weighted by Crippen LogP contribution is -2.12. The van der Waals surface area contributed by atoms with Gasteiger partial charge in [0.1, 0.15) is 11.5 Å². The van der Waals surface area contributed by atoms with Gasteiger partial charge in [-0.25, -0.2) is 0 Å². The molecule has 0 aromatic heterocycles. The number of phenolic OH excluding ortho intramolecular Hbond substituents is 1. The van der Waals surface area contributed by atoms with Gasteiger partial charge in [-0.3, -0.25) is 0 Å². The normalized spacial score (nSPS) is 15.6. The van der Waals surface area contributed by atoms with Crippen LogP contribution in [0, 0.1) is 0 Å². The molecule has 1 aliphatic carbocycles. The van der Waals surface area contributed by atoms with Gasteiger partial charge in [-0.2, -0.15) is 0 Å². The third-order valence-corrected chi connectivity index (χ3v) is 6.32. The van der Waals surface area contributed by atoms with Crippen LogP contribution in [-0.2, 0) is 5.41 Å². The molecule has 0 atom stereocenters. The van der Waals surface area contributed by atoms with Gasteiger partial charge in [-0.1, -0.05) is 62.2 Å². The summed E-state index contributed by atoms with van der Waals surface area (Å²) in [7, 11) is 1.72. The minimum Gasteiger partial charge on any atom is -0.507 e. The fraction of sp³-hybridized carbons (Fsp3) is 0.385. The molecular formula is C26H32O2. The highest BCUT2D eigenvalue weighted by Gasteiger charge is 2.31. The molecule has 0 amide bonds. The summed E-state index contributed by atoms with van der Waals surface area (Å²) in [6.07, 6.45) is 0. The molecular weight excluding hydrogens is 344 g/mol. The first kappa shape index (κ1) is 20.3. The molecule has 3 rings (SSSR count). The van der Waals surface area contributed by atoms with Gasteiger partial charge in [0.15, 0.2) is 0 Å². The Morgan fingerprint density at radius 1 is 0.821 bits per heavy atom. The average molecular weight is 377 g/mol. The minimum atomic E-state index is -0.134. The van der Waals surface area contributed by atoms with Crippen LogP contribution in [0.1, 0.15) is 65.5 Å². The third kappa shape index (κ3) is 3.15. The van der Waals surface area contributed by atoms with E-state index >= 15 is 0 Å². The van der Waals surface area contributed by atoms with Crippen LogP contribution in [-0.4, -0.2) is 12.2 Å². The molecule has 1 aliphatic rings. The van der Waals surface area contributed by atoms with Crippen molar-refractivity contribution in [1.29, 1.82) is 0 Å². The fourth-order valence-corrected chi connectivity index (χ4v) is 4.40. The van der Waals surface area contributed by atoms with Crippen LogP contribution in [0.4, 0.5) is 0 Å². The molecule has 0 spiro atoms. The van der Waals surface area contributed by atoms with Crippen molar-refractivity contribution < 1.29 is 9.84 Å². The number of phenols is 1. The van der Waals surface area contributed by atoms with Gasteiger partial charge in [0, 0.05) is 17.0 Å². The Hall–Kier alpha value is -2.48. The molecule has 2 nitrogen and oxygen atoms in total. The number of ether oxygens (including phenoxy) is 1. The Balaban J connectivity index is 2.33. The van der Waals surface area contributed by atoms with E-state index in [0.717, 1.165) is 28.0 Å². The summed E-state index contributed by atoms with van der Waals surface area (Å²) in [6, 6.07) is 12.2. The predicted molar refractivity (Wildman–Crippen MR) is 118 cm³/mol. The third-order valence-electron chi connectivity index (χ3n) is 6.32. The molecule has 1 N–H and O–H groups in total. The number of hydrogen-bond acceptors (Lipinski definition) is 2. The zero-order chi connectivity index (χ0) is 20.8. The van der Waals surface area contributed by atoms with Crippen molar-refractivity contribution in [2.75, 3.05) is 7.11 Å². The Morgan fingerprint density at radius 3 is 1.89 bits per heavy atom. The Morgan fingerprint density at radius 2 is 1.36 bits per heavy atom. The van der Waals surface area contributed by atoms with Crippen LogP contribution in [0.15, 0.2) is 58.7 Å². The molecule has 148 valence electrons. The van der Waals surface area contributed by atoms with E-state index in [-0.39, 0.29) is 11.3 Å². The second-order valence-corrected chi connectivity index (χ2v) is 8.92. The highest BCUT2D eigenvalue weighted by molar-refractivity contribution is 5.79. The van der Waals surface area contributed by atoms with Gasteiger partial charge < -0.3 is 9.84 Å². The molecule has 0 fully saturated rings.